The van der Waals surface area contributed by atoms with E-state index in [2.05, 4.69) is 5.32 Å². The van der Waals surface area contributed by atoms with Gasteiger partial charge >= 0.3 is 5.97 Å². The molecule has 0 aromatic rings. The summed E-state index contributed by atoms with van der Waals surface area (Å²) in [6, 6.07) is -0.704. The molecule has 0 amide bonds. The zero-order chi connectivity index (χ0) is 9.35. The first-order valence-corrected chi connectivity index (χ1v) is 5.52. The lowest BCUT2D eigenvalue weighted by Gasteiger charge is -2.03. The number of aliphatic carboxylic acids is 1. The molecule has 5 nitrogen and oxygen atoms in total. The third kappa shape index (κ3) is 1.95. The number of hydrogen-bond acceptors (Lipinski definition) is 4. The minimum atomic E-state index is -3.09. The Morgan fingerprint density at radius 2 is 2.17 bits per heavy atom. The SMILES string of the molecule is CS(=O)(=O)[C@H]1CN[C@H](C(=O)O)C1. The molecule has 2 N–H and O–H groups in total. The van der Waals surface area contributed by atoms with Crippen LogP contribution in [0.25, 0.3) is 0 Å². The van der Waals surface area contributed by atoms with Crippen LogP contribution in [0, 0.1) is 0 Å². The van der Waals surface area contributed by atoms with Gasteiger partial charge in [-0.1, -0.05) is 0 Å². The van der Waals surface area contributed by atoms with E-state index in [1.165, 1.54) is 0 Å². The van der Waals surface area contributed by atoms with E-state index in [0.717, 1.165) is 6.26 Å². The lowest BCUT2D eigenvalue weighted by atomic mass is 10.2. The first kappa shape index (κ1) is 9.47. The van der Waals surface area contributed by atoms with Crippen LogP contribution in [0.4, 0.5) is 0 Å². The van der Waals surface area contributed by atoms with Crippen LogP contribution in [0.15, 0.2) is 0 Å². The second-order valence-electron chi connectivity index (χ2n) is 2.99. The minimum Gasteiger partial charge on any atom is -0.480 e. The maximum atomic E-state index is 11.0. The van der Waals surface area contributed by atoms with Crippen molar-refractivity contribution in [1.82, 2.24) is 5.32 Å². The highest BCUT2D eigenvalue weighted by molar-refractivity contribution is 7.91. The molecule has 70 valence electrons. The Bertz CT molecular complexity index is 284. The Morgan fingerprint density at radius 1 is 1.58 bits per heavy atom. The molecule has 0 aromatic carbocycles. The van der Waals surface area contributed by atoms with Crippen molar-refractivity contribution in [3.05, 3.63) is 0 Å². The van der Waals surface area contributed by atoms with Gasteiger partial charge in [0.25, 0.3) is 0 Å². The molecule has 0 aliphatic carbocycles. The van der Waals surface area contributed by atoms with E-state index >= 15 is 0 Å². The van der Waals surface area contributed by atoms with Gasteiger partial charge in [-0.2, -0.15) is 0 Å². The van der Waals surface area contributed by atoms with Crippen LogP contribution in [0.2, 0.25) is 0 Å². The maximum Gasteiger partial charge on any atom is 0.320 e. The van der Waals surface area contributed by atoms with Crippen LogP contribution in [-0.2, 0) is 14.6 Å². The van der Waals surface area contributed by atoms with E-state index in [-0.39, 0.29) is 13.0 Å². The molecule has 0 spiro atoms. The van der Waals surface area contributed by atoms with E-state index < -0.39 is 27.1 Å². The normalized spacial score (nSPS) is 30.4. The fraction of sp³-hybridized carbons (Fsp3) is 0.833. The van der Waals surface area contributed by atoms with Gasteiger partial charge in [-0.3, -0.25) is 4.79 Å². The standard InChI is InChI=1S/C6H11NO4S/c1-12(10,11)4-2-5(6(8)9)7-3-4/h4-5,7H,2-3H2,1H3,(H,8,9)/t4-,5+/m1/s1. The summed E-state index contributed by atoms with van der Waals surface area (Å²) in [4.78, 5) is 10.4. The number of carboxylic acid groups (broad SMARTS) is 1. The van der Waals surface area contributed by atoms with Gasteiger partial charge in [0.2, 0.25) is 0 Å². The quantitative estimate of drug-likeness (QED) is 0.578. The summed E-state index contributed by atoms with van der Waals surface area (Å²) < 4.78 is 21.9. The number of hydrogen-bond donors (Lipinski definition) is 2. The van der Waals surface area contributed by atoms with Crippen molar-refractivity contribution in [1.29, 1.82) is 0 Å². The second kappa shape index (κ2) is 3.02. The zero-order valence-corrected chi connectivity index (χ0v) is 7.47. The molecular formula is C6H11NO4S. The first-order chi connectivity index (χ1) is 5.41. The van der Waals surface area contributed by atoms with Gasteiger partial charge < -0.3 is 10.4 Å². The average Bonchev–Trinajstić information content (AvgIpc) is 2.30. The van der Waals surface area contributed by atoms with Crippen molar-refractivity contribution in [3.8, 4) is 0 Å². The third-order valence-corrected chi connectivity index (χ3v) is 3.56. The predicted molar refractivity (Wildman–Crippen MR) is 42.7 cm³/mol. The fourth-order valence-electron chi connectivity index (χ4n) is 1.22. The van der Waals surface area contributed by atoms with Gasteiger partial charge in [-0.25, -0.2) is 8.42 Å². The summed E-state index contributed by atoms with van der Waals surface area (Å²) in [5, 5.41) is 10.6. The highest BCUT2D eigenvalue weighted by atomic mass is 32.2. The van der Waals surface area contributed by atoms with Crippen molar-refractivity contribution < 1.29 is 18.3 Å². The summed E-state index contributed by atoms with van der Waals surface area (Å²) in [5.41, 5.74) is 0. The Labute approximate surface area is 70.7 Å². The maximum absolute atomic E-state index is 11.0. The van der Waals surface area contributed by atoms with Crippen LogP contribution < -0.4 is 5.32 Å². The first-order valence-electron chi connectivity index (χ1n) is 3.56. The summed E-state index contributed by atoms with van der Waals surface area (Å²) in [5.74, 6) is -0.985. The topological polar surface area (TPSA) is 83.5 Å². The molecule has 0 aromatic heterocycles. The highest BCUT2D eigenvalue weighted by Crippen LogP contribution is 2.13. The molecule has 1 aliphatic rings. The molecule has 0 unspecified atom stereocenters. The molecule has 0 radical (unpaired) electrons. The van der Waals surface area contributed by atoms with Crippen LogP contribution in [0.1, 0.15) is 6.42 Å². The van der Waals surface area contributed by atoms with Gasteiger partial charge in [0, 0.05) is 12.8 Å². The average molecular weight is 193 g/mol. The van der Waals surface area contributed by atoms with Crippen LogP contribution in [0.3, 0.4) is 0 Å². The van der Waals surface area contributed by atoms with Crippen molar-refractivity contribution in [2.75, 3.05) is 12.8 Å². The predicted octanol–water partition coefficient (Wildman–Crippen LogP) is -1.15. The molecule has 1 rings (SSSR count). The van der Waals surface area contributed by atoms with E-state index in [1.54, 1.807) is 0 Å². The summed E-state index contributed by atoms with van der Waals surface area (Å²) >= 11 is 0. The number of sulfone groups is 1. The zero-order valence-electron chi connectivity index (χ0n) is 6.65. The van der Waals surface area contributed by atoms with Gasteiger partial charge in [0.1, 0.15) is 6.04 Å². The van der Waals surface area contributed by atoms with Gasteiger partial charge in [-0.05, 0) is 6.42 Å². The summed E-state index contributed by atoms with van der Waals surface area (Å²) in [7, 11) is -3.09. The van der Waals surface area contributed by atoms with Crippen LogP contribution in [0.5, 0.6) is 0 Å². The van der Waals surface area contributed by atoms with Gasteiger partial charge in [0.05, 0.1) is 5.25 Å². The number of carboxylic acids is 1. The fourth-order valence-corrected chi connectivity index (χ4v) is 2.16. The summed E-state index contributed by atoms with van der Waals surface area (Å²) in [6.07, 6.45) is 1.30. The van der Waals surface area contributed by atoms with E-state index in [9.17, 15) is 13.2 Å². The number of carbonyl (C=O) groups is 1. The minimum absolute atomic E-state index is 0.175. The lowest BCUT2D eigenvalue weighted by Crippen LogP contribution is -2.30. The largest absolute Gasteiger partial charge is 0.480 e. The Morgan fingerprint density at radius 3 is 2.42 bits per heavy atom. The second-order valence-corrected chi connectivity index (χ2v) is 5.31. The Hall–Kier alpha value is -0.620. The molecule has 2 atom stereocenters. The molecular weight excluding hydrogens is 182 g/mol. The molecule has 0 saturated carbocycles. The lowest BCUT2D eigenvalue weighted by molar-refractivity contribution is -0.139. The third-order valence-electron chi connectivity index (χ3n) is 1.99. The number of nitrogens with one attached hydrogen (secondary N) is 1. The smallest absolute Gasteiger partial charge is 0.320 e. The van der Waals surface area contributed by atoms with Crippen molar-refractivity contribution in [2.24, 2.45) is 0 Å². The Kier molecular flexibility index (Phi) is 2.39. The van der Waals surface area contributed by atoms with E-state index in [0.29, 0.717) is 0 Å². The molecule has 1 fully saturated rings. The highest BCUT2D eigenvalue weighted by Gasteiger charge is 2.34. The molecule has 6 heteroatoms. The molecule has 1 saturated heterocycles. The molecule has 1 heterocycles. The van der Waals surface area contributed by atoms with Gasteiger partial charge in [0.15, 0.2) is 9.84 Å². The van der Waals surface area contributed by atoms with E-state index in [4.69, 9.17) is 5.11 Å². The molecule has 12 heavy (non-hydrogen) atoms. The monoisotopic (exact) mass is 193 g/mol. The van der Waals surface area contributed by atoms with Crippen molar-refractivity contribution in [3.63, 3.8) is 0 Å². The summed E-state index contributed by atoms with van der Waals surface area (Å²) in [6.45, 7) is 0.246. The van der Waals surface area contributed by atoms with Gasteiger partial charge in [-0.15, -0.1) is 0 Å². The Balaban J connectivity index is 2.64. The van der Waals surface area contributed by atoms with Crippen LogP contribution in [-0.4, -0.2) is 43.6 Å². The van der Waals surface area contributed by atoms with Crippen LogP contribution >= 0.6 is 0 Å². The number of rotatable bonds is 2. The molecule has 0 bridgehead atoms. The van der Waals surface area contributed by atoms with E-state index in [1.807, 2.05) is 0 Å². The van der Waals surface area contributed by atoms with Crippen molar-refractivity contribution >= 4 is 15.8 Å². The van der Waals surface area contributed by atoms with Crippen molar-refractivity contribution in [2.45, 2.75) is 17.7 Å². The molecule has 1 aliphatic heterocycles.